The Labute approximate surface area is 218 Å². The van der Waals surface area contributed by atoms with Gasteiger partial charge in [-0.05, 0) is 68.2 Å². The lowest BCUT2D eigenvalue weighted by Gasteiger charge is -2.50. The van der Waals surface area contributed by atoms with Gasteiger partial charge in [-0.15, -0.1) is 0 Å². The number of piperidine rings is 2. The standard InChI is InChI=1S/C28H52N2O6/c1-25(2)17-21(18-26(3,4)29(25)33)35-23(31)15-13-11-9-10-12-14-16-24(32)36-22-19-27(5,6)30(34)28(7,8)20-22/h21-22,33-34H,9-20H2,1-8H3/p+1. The van der Waals surface area contributed by atoms with E-state index in [4.69, 9.17) is 14.7 Å². The van der Waals surface area contributed by atoms with Gasteiger partial charge in [0, 0.05) is 49.6 Å². The summed E-state index contributed by atoms with van der Waals surface area (Å²) in [5.41, 5.74) is -1.48. The van der Waals surface area contributed by atoms with Gasteiger partial charge < -0.3 is 19.9 Å². The molecule has 0 spiro atoms. The van der Waals surface area contributed by atoms with Crippen molar-refractivity contribution in [2.45, 2.75) is 167 Å². The fourth-order valence-corrected chi connectivity index (χ4v) is 6.27. The van der Waals surface area contributed by atoms with Crippen molar-refractivity contribution >= 4 is 11.9 Å². The van der Waals surface area contributed by atoms with Crippen LogP contribution >= 0.6 is 0 Å². The third-order valence-corrected chi connectivity index (χ3v) is 7.87. The van der Waals surface area contributed by atoms with Crippen molar-refractivity contribution in [2.24, 2.45) is 0 Å². The molecule has 8 nitrogen and oxygen atoms in total. The van der Waals surface area contributed by atoms with E-state index in [2.05, 4.69) is 0 Å². The van der Waals surface area contributed by atoms with Crippen molar-refractivity contribution in [1.82, 2.24) is 10.1 Å². The normalized spacial score (nSPS) is 24.4. The molecule has 210 valence electrons. The number of nitrogens with zero attached hydrogens (tertiary/aromatic N) is 2. The maximum absolute atomic E-state index is 12.3. The number of hydroxylamine groups is 4. The monoisotopic (exact) mass is 513 g/mol. The zero-order valence-electron chi connectivity index (χ0n) is 24.1. The van der Waals surface area contributed by atoms with Gasteiger partial charge in [-0.2, -0.15) is 5.06 Å². The minimum atomic E-state index is -0.425. The van der Waals surface area contributed by atoms with Crippen LogP contribution < -0.4 is 0 Å². The Morgan fingerprint density at radius 2 is 0.972 bits per heavy atom. The summed E-state index contributed by atoms with van der Waals surface area (Å²) in [6.07, 6.45) is 8.85. The van der Waals surface area contributed by atoms with Crippen LogP contribution in [0.25, 0.3) is 0 Å². The maximum Gasteiger partial charge on any atom is 0.306 e. The van der Waals surface area contributed by atoms with E-state index in [0.717, 1.165) is 38.5 Å². The molecular weight excluding hydrogens is 460 g/mol. The van der Waals surface area contributed by atoms with E-state index in [-0.39, 0.29) is 35.2 Å². The Kier molecular flexibility index (Phi) is 10.4. The fourth-order valence-electron chi connectivity index (χ4n) is 6.27. The lowest BCUT2D eigenvalue weighted by molar-refractivity contribution is -0.259. The van der Waals surface area contributed by atoms with Crippen molar-refractivity contribution in [3.63, 3.8) is 0 Å². The molecule has 2 rings (SSSR count). The summed E-state index contributed by atoms with van der Waals surface area (Å²) in [7, 11) is 0. The summed E-state index contributed by atoms with van der Waals surface area (Å²) in [6.45, 7) is 16.0. The number of esters is 2. The third-order valence-electron chi connectivity index (χ3n) is 7.87. The Hall–Kier alpha value is -1.22. The van der Waals surface area contributed by atoms with Crippen LogP contribution in [0.5, 0.6) is 0 Å². The largest absolute Gasteiger partial charge is 0.462 e. The van der Waals surface area contributed by atoms with Crippen LogP contribution in [0.1, 0.15) is 132 Å². The van der Waals surface area contributed by atoms with Crippen LogP contribution in [0.2, 0.25) is 0 Å². The number of carbonyl (C=O) groups is 2. The molecule has 0 saturated carbocycles. The van der Waals surface area contributed by atoms with E-state index in [1.807, 2.05) is 55.4 Å². The quantitative estimate of drug-likeness (QED) is 0.228. The molecule has 0 aromatic carbocycles. The predicted molar refractivity (Wildman–Crippen MR) is 141 cm³/mol. The van der Waals surface area contributed by atoms with Crippen LogP contribution in [-0.2, 0) is 19.1 Å². The Bertz CT molecular complexity index is 650. The lowest BCUT2D eigenvalue weighted by Crippen LogP contribution is -2.60. The fraction of sp³-hybridized carbons (Fsp3) is 0.929. The summed E-state index contributed by atoms with van der Waals surface area (Å²) in [5.74, 6) is -0.283. The van der Waals surface area contributed by atoms with Crippen LogP contribution in [0.4, 0.5) is 0 Å². The molecule has 2 aliphatic rings. The van der Waals surface area contributed by atoms with E-state index >= 15 is 0 Å². The second-order valence-corrected chi connectivity index (χ2v) is 13.6. The maximum atomic E-state index is 12.3. The summed E-state index contributed by atoms with van der Waals surface area (Å²) in [4.78, 5) is 24.7. The zero-order chi connectivity index (χ0) is 27.4. The number of hydrogen-bond donors (Lipinski definition) is 1. The van der Waals surface area contributed by atoms with Gasteiger partial charge in [0.25, 0.3) is 0 Å². The molecule has 8 heteroatoms. The summed E-state index contributed by atoms with van der Waals surface area (Å²) in [6, 6.07) is 0. The molecule has 0 unspecified atom stereocenters. The minimum Gasteiger partial charge on any atom is -0.462 e. The molecule has 0 atom stereocenters. The molecule has 2 fully saturated rings. The van der Waals surface area contributed by atoms with Crippen molar-refractivity contribution in [1.29, 1.82) is 0 Å². The van der Waals surface area contributed by atoms with E-state index in [9.17, 15) is 14.8 Å². The zero-order valence-corrected chi connectivity index (χ0v) is 24.1. The average molecular weight is 514 g/mol. The van der Waals surface area contributed by atoms with Crippen molar-refractivity contribution in [3.05, 3.63) is 0 Å². The first kappa shape index (κ1) is 31.0. The van der Waals surface area contributed by atoms with Gasteiger partial charge in [0.15, 0.2) is 0 Å². The third kappa shape index (κ3) is 8.67. The first-order chi connectivity index (χ1) is 16.5. The smallest absolute Gasteiger partial charge is 0.306 e. The summed E-state index contributed by atoms with van der Waals surface area (Å²) < 4.78 is 11.5. The molecule has 36 heavy (non-hydrogen) atoms. The van der Waals surface area contributed by atoms with E-state index in [1.165, 1.54) is 5.06 Å². The first-order valence-corrected chi connectivity index (χ1v) is 13.9. The SMILES string of the molecule is CC1(C)CC(OC(=O)CCCCCCCCC(=O)OC2CC(C)(C)N([OH2+])C(C)(C)C2)CC(C)(C)N1O. The molecule has 0 bridgehead atoms. The molecule has 2 saturated heterocycles. The van der Waals surface area contributed by atoms with Gasteiger partial charge in [0.2, 0.25) is 0 Å². The van der Waals surface area contributed by atoms with E-state index in [0.29, 0.717) is 38.5 Å². The molecule has 3 N–H and O–H groups in total. The van der Waals surface area contributed by atoms with E-state index < -0.39 is 11.1 Å². The number of ether oxygens (including phenoxy) is 2. The molecule has 0 aromatic heterocycles. The Morgan fingerprint density at radius 1 is 0.667 bits per heavy atom. The molecule has 0 radical (unpaired) electrons. The lowest BCUT2D eigenvalue weighted by atomic mass is 9.80. The van der Waals surface area contributed by atoms with Crippen LogP contribution in [0, 0.1) is 0 Å². The molecule has 0 amide bonds. The number of rotatable bonds is 11. The molecule has 2 aliphatic heterocycles. The summed E-state index contributed by atoms with van der Waals surface area (Å²) in [5, 5.41) is 21.8. The second kappa shape index (κ2) is 12.1. The predicted octanol–water partition coefficient (Wildman–Crippen LogP) is 5.27. The van der Waals surface area contributed by atoms with Crippen molar-refractivity contribution in [2.75, 3.05) is 0 Å². The molecule has 2 heterocycles. The van der Waals surface area contributed by atoms with Crippen LogP contribution in [-0.4, -0.2) is 66.8 Å². The van der Waals surface area contributed by atoms with Crippen LogP contribution in [0.3, 0.4) is 0 Å². The topological polar surface area (TPSA) is 102 Å². The Morgan fingerprint density at radius 3 is 1.33 bits per heavy atom. The summed E-state index contributed by atoms with van der Waals surface area (Å²) >= 11 is 0. The second-order valence-electron chi connectivity index (χ2n) is 13.6. The first-order valence-electron chi connectivity index (χ1n) is 13.9. The number of carbonyl (C=O) groups excluding carboxylic acids is 2. The van der Waals surface area contributed by atoms with Gasteiger partial charge in [-0.3, -0.25) is 9.59 Å². The van der Waals surface area contributed by atoms with E-state index in [1.54, 1.807) is 5.06 Å². The van der Waals surface area contributed by atoms with Crippen LogP contribution in [0.15, 0.2) is 0 Å². The molecule has 0 aliphatic carbocycles. The highest BCUT2D eigenvalue weighted by atomic mass is 16.6. The number of hydrogen-bond acceptors (Lipinski definition) is 7. The molecular formula is C28H53N2O6+. The van der Waals surface area contributed by atoms with Gasteiger partial charge in [0.1, 0.15) is 12.2 Å². The van der Waals surface area contributed by atoms with Gasteiger partial charge in [-0.25, -0.2) is 0 Å². The highest BCUT2D eigenvalue weighted by Gasteiger charge is 2.50. The van der Waals surface area contributed by atoms with Gasteiger partial charge in [-0.1, -0.05) is 30.7 Å². The van der Waals surface area contributed by atoms with Gasteiger partial charge in [0.05, 0.1) is 11.1 Å². The number of unbranched alkanes of at least 4 members (excludes halogenated alkanes) is 5. The molecule has 0 aromatic rings. The van der Waals surface area contributed by atoms with Crippen molar-refractivity contribution < 1.29 is 29.5 Å². The highest BCUT2D eigenvalue weighted by Crippen LogP contribution is 2.39. The minimum absolute atomic E-state index is 0.128. The van der Waals surface area contributed by atoms with Gasteiger partial charge >= 0.3 is 11.9 Å². The Balaban J connectivity index is 1.54. The average Bonchev–Trinajstić information content (AvgIpc) is 2.71. The van der Waals surface area contributed by atoms with Crippen molar-refractivity contribution in [3.8, 4) is 0 Å². The highest BCUT2D eigenvalue weighted by molar-refractivity contribution is 5.69.